The lowest BCUT2D eigenvalue weighted by Gasteiger charge is -2.45. The van der Waals surface area contributed by atoms with Gasteiger partial charge in [0.25, 0.3) is 0 Å². The Morgan fingerprint density at radius 3 is 2.62 bits per heavy atom. The minimum atomic E-state index is -3.69. The molecule has 2 amide bonds. The second-order valence-corrected chi connectivity index (χ2v) is 10.6. The van der Waals surface area contributed by atoms with Crippen LogP contribution in [0.5, 0.6) is 0 Å². The van der Waals surface area contributed by atoms with E-state index in [0.717, 1.165) is 34.9 Å². The van der Waals surface area contributed by atoms with Crippen LogP contribution in [0.2, 0.25) is 0 Å². The van der Waals surface area contributed by atoms with Crippen LogP contribution in [0, 0.1) is 6.92 Å². The standard InChI is InChI=1S/C23H28N4O4S/c1-16-7-6-8-17(13-16)24-22(28)15-27-21-14-18(32(30,31)25(2)3)10-11-19(21)26-12-5-4-9-20(26)23(27)29/h6-8,10-11,13-14,20H,4-5,9,12,15H2,1-3H3,(H,24,28)/t20-/m1/s1. The van der Waals surface area contributed by atoms with Gasteiger partial charge in [0.1, 0.15) is 12.6 Å². The predicted octanol–water partition coefficient (Wildman–Crippen LogP) is 2.59. The van der Waals surface area contributed by atoms with Crippen molar-refractivity contribution in [2.24, 2.45) is 0 Å². The Morgan fingerprint density at radius 1 is 1.12 bits per heavy atom. The molecule has 2 aromatic carbocycles. The Morgan fingerprint density at radius 2 is 1.91 bits per heavy atom. The van der Waals surface area contributed by atoms with Gasteiger partial charge in [-0.1, -0.05) is 12.1 Å². The second kappa shape index (κ2) is 8.55. The first-order valence-electron chi connectivity index (χ1n) is 10.7. The summed E-state index contributed by atoms with van der Waals surface area (Å²) in [4.78, 5) is 29.8. The third kappa shape index (κ3) is 4.10. The maximum Gasteiger partial charge on any atom is 0.250 e. The predicted molar refractivity (Wildman–Crippen MR) is 124 cm³/mol. The van der Waals surface area contributed by atoms with E-state index in [9.17, 15) is 18.0 Å². The monoisotopic (exact) mass is 456 g/mol. The average molecular weight is 457 g/mol. The van der Waals surface area contributed by atoms with Gasteiger partial charge >= 0.3 is 0 Å². The third-order valence-electron chi connectivity index (χ3n) is 5.98. The summed E-state index contributed by atoms with van der Waals surface area (Å²) in [7, 11) is -0.754. The van der Waals surface area contributed by atoms with Gasteiger partial charge in [-0.2, -0.15) is 0 Å². The zero-order chi connectivity index (χ0) is 23.0. The highest BCUT2D eigenvalue weighted by molar-refractivity contribution is 7.89. The number of rotatable bonds is 5. The summed E-state index contributed by atoms with van der Waals surface area (Å²) in [6, 6.07) is 11.9. The molecular weight excluding hydrogens is 428 g/mol. The Labute approximate surface area is 188 Å². The van der Waals surface area contributed by atoms with E-state index >= 15 is 0 Å². The number of hydrogen-bond donors (Lipinski definition) is 1. The van der Waals surface area contributed by atoms with Crippen molar-refractivity contribution in [3.63, 3.8) is 0 Å². The molecule has 8 nitrogen and oxygen atoms in total. The van der Waals surface area contributed by atoms with E-state index in [4.69, 9.17) is 0 Å². The fourth-order valence-electron chi connectivity index (χ4n) is 4.34. The van der Waals surface area contributed by atoms with E-state index in [2.05, 4.69) is 5.32 Å². The van der Waals surface area contributed by atoms with Crippen molar-refractivity contribution < 1.29 is 18.0 Å². The van der Waals surface area contributed by atoms with E-state index in [1.165, 1.54) is 25.1 Å². The van der Waals surface area contributed by atoms with Crippen LogP contribution in [-0.4, -0.2) is 57.8 Å². The van der Waals surface area contributed by atoms with Crippen molar-refractivity contribution >= 4 is 38.9 Å². The lowest BCUT2D eigenvalue weighted by molar-refractivity contribution is -0.123. The van der Waals surface area contributed by atoms with Crippen molar-refractivity contribution in [2.45, 2.75) is 37.1 Å². The van der Waals surface area contributed by atoms with E-state index in [-0.39, 0.29) is 29.3 Å². The van der Waals surface area contributed by atoms with Gasteiger partial charge in [0.2, 0.25) is 21.8 Å². The molecule has 1 saturated heterocycles. The number of aryl methyl sites for hydroxylation is 1. The average Bonchev–Trinajstić information content (AvgIpc) is 2.76. The number of nitrogens with one attached hydrogen (secondary N) is 1. The molecule has 2 aromatic rings. The highest BCUT2D eigenvalue weighted by Crippen LogP contribution is 2.40. The zero-order valence-corrected chi connectivity index (χ0v) is 19.4. The molecule has 0 bridgehead atoms. The number of piperidine rings is 1. The van der Waals surface area contributed by atoms with Crippen LogP contribution in [0.25, 0.3) is 0 Å². The summed E-state index contributed by atoms with van der Waals surface area (Å²) in [5.41, 5.74) is 2.91. The van der Waals surface area contributed by atoms with E-state index in [1.54, 1.807) is 18.2 Å². The quantitative estimate of drug-likeness (QED) is 0.747. The molecule has 2 aliphatic rings. The first-order valence-corrected chi connectivity index (χ1v) is 12.1. The molecule has 0 aliphatic carbocycles. The number of nitrogens with zero attached hydrogens (tertiary/aromatic N) is 3. The third-order valence-corrected chi connectivity index (χ3v) is 7.79. The summed E-state index contributed by atoms with van der Waals surface area (Å²) in [5, 5.41) is 2.84. The Kier molecular flexibility index (Phi) is 5.96. The summed E-state index contributed by atoms with van der Waals surface area (Å²) in [6.07, 6.45) is 2.62. The molecule has 0 radical (unpaired) electrons. The smallest absolute Gasteiger partial charge is 0.250 e. The van der Waals surface area contributed by atoms with Gasteiger partial charge in [-0.25, -0.2) is 12.7 Å². The van der Waals surface area contributed by atoms with Crippen LogP contribution in [0.1, 0.15) is 24.8 Å². The molecule has 170 valence electrons. The maximum absolute atomic E-state index is 13.4. The van der Waals surface area contributed by atoms with Gasteiger partial charge in [-0.05, 0) is 62.1 Å². The van der Waals surface area contributed by atoms with Crippen LogP contribution in [0.4, 0.5) is 17.1 Å². The molecular formula is C23H28N4O4S. The number of sulfonamides is 1. The van der Waals surface area contributed by atoms with Crippen molar-refractivity contribution in [1.82, 2.24) is 4.31 Å². The van der Waals surface area contributed by atoms with Crippen molar-refractivity contribution in [3.05, 3.63) is 48.0 Å². The molecule has 0 unspecified atom stereocenters. The zero-order valence-electron chi connectivity index (χ0n) is 18.5. The minimum Gasteiger partial charge on any atom is -0.358 e. The van der Waals surface area contributed by atoms with Gasteiger partial charge in [-0.3, -0.25) is 14.5 Å². The fourth-order valence-corrected chi connectivity index (χ4v) is 5.26. The molecule has 1 N–H and O–H groups in total. The van der Waals surface area contributed by atoms with E-state index in [1.807, 2.05) is 30.0 Å². The van der Waals surface area contributed by atoms with E-state index < -0.39 is 10.0 Å². The van der Waals surface area contributed by atoms with Crippen molar-refractivity contribution in [3.8, 4) is 0 Å². The lowest BCUT2D eigenvalue weighted by atomic mass is 9.96. The van der Waals surface area contributed by atoms with Gasteiger partial charge in [0.15, 0.2) is 0 Å². The van der Waals surface area contributed by atoms with Crippen molar-refractivity contribution in [2.75, 3.05) is 42.3 Å². The Bertz CT molecular complexity index is 1160. The van der Waals surface area contributed by atoms with Crippen LogP contribution in [0.3, 0.4) is 0 Å². The molecule has 9 heteroatoms. The minimum absolute atomic E-state index is 0.0913. The molecule has 0 saturated carbocycles. The number of carbonyl (C=O) groups is 2. The number of carbonyl (C=O) groups excluding carboxylic acids is 2. The molecule has 32 heavy (non-hydrogen) atoms. The van der Waals surface area contributed by atoms with Crippen LogP contribution < -0.4 is 15.1 Å². The summed E-state index contributed by atoms with van der Waals surface area (Å²) >= 11 is 0. The number of benzene rings is 2. The molecule has 1 atom stereocenters. The molecule has 2 heterocycles. The SMILES string of the molecule is Cc1cccc(NC(=O)CN2C(=O)[C@H]3CCCCN3c3ccc(S(=O)(=O)N(C)C)cc32)c1. The lowest BCUT2D eigenvalue weighted by Crippen LogP contribution is -2.56. The van der Waals surface area contributed by atoms with Gasteiger partial charge in [-0.15, -0.1) is 0 Å². The Balaban J connectivity index is 1.71. The summed E-state index contributed by atoms with van der Waals surface area (Å²) in [5.74, 6) is -0.504. The largest absolute Gasteiger partial charge is 0.358 e. The fraction of sp³-hybridized carbons (Fsp3) is 0.391. The van der Waals surface area contributed by atoms with Gasteiger partial charge in [0.05, 0.1) is 16.3 Å². The summed E-state index contributed by atoms with van der Waals surface area (Å²) in [6.45, 7) is 2.48. The van der Waals surface area contributed by atoms with E-state index in [0.29, 0.717) is 17.8 Å². The Hall–Kier alpha value is -2.91. The van der Waals surface area contributed by atoms with Crippen LogP contribution >= 0.6 is 0 Å². The highest BCUT2D eigenvalue weighted by Gasteiger charge is 2.40. The number of fused-ring (bicyclic) bond motifs is 3. The molecule has 0 aromatic heterocycles. The second-order valence-electron chi connectivity index (χ2n) is 8.48. The maximum atomic E-state index is 13.4. The van der Waals surface area contributed by atoms with Gasteiger partial charge in [0, 0.05) is 26.3 Å². The van der Waals surface area contributed by atoms with Gasteiger partial charge < -0.3 is 10.2 Å². The molecule has 4 rings (SSSR count). The van der Waals surface area contributed by atoms with Crippen molar-refractivity contribution in [1.29, 1.82) is 0 Å². The number of hydrogen-bond acceptors (Lipinski definition) is 5. The summed E-state index contributed by atoms with van der Waals surface area (Å²) < 4.78 is 26.6. The topological polar surface area (TPSA) is 90.0 Å². The molecule has 1 fully saturated rings. The first-order chi connectivity index (χ1) is 15.2. The highest BCUT2D eigenvalue weighted by atomic mass is 32.2. The van der Waals surface area contributed by atoms with Crippen LogP contribution in [-0.2, 0) is 19.6 Å². The normalized spacial score (nSPS) is 18.4. The van der Waals surface area contributed by atoms with Crippen LogP contribution in [0.15, 0.2) is 47.4 Å². The number of amides is 2. The number of anilines is 3. The molecule has 2 aliphatic heterocycles. The molecule has 0 spiro atoms. The first kappa shape index (κ1) is 22.3.